The Labute approximate surface area is 182 Å². The lowest BCUT2D eigenvalue weighted by atomic mass is 9.93. The molecule has 0 unspecified atom stereocenters. The lowest BCUT2D eigenvalue weighted by Crippen LogP contribution is -2.15. The van der Waals surface area contributed by atoms with Crippen LogP contribution < -0.4 is 9.47 Å². The predicted octanol–water partition coefficient (Wildman–Crippen LogP) is 4.89. The average Bonchev–Trinajstić information content (AvgIpc) is 3.07. The van der Waals surface area contributed by atoms with Crippen molar-refractivity contribution in [3.63, 3.8) is 0 Å². The Hall–Kier alpha value is -3.41. The number of rotatable bonds is 5. The number of hydrogen-bond donors (Lipinski definition) is 1. The highest BCUT2D eigenvalue weighted by Crippen LogP contribution is 2.45. The molecule has 3 aromatic rings. The van der Waals surface area contributed by atoms with E-state index < -0.39 is 0 Å². The number of phenolic OH excluding ortho intramolecular Hbond substituents is 1. The Kier molecular flexibility index (Phi) is 5.39. The molecule has 0 fully saturated rings. The first-order valence-corrected chi connectivity index (χ1v) is 10.4. The van der Waals surface area contributed by atoms with Crippen LogP contribution in [0, 0.1) is 13.8 Å². The summed E-state index contributed by atoms with van der Waals surface area (Å²) in [4.78, 5) is 13.2. The van der Waals surface area contributed by atoms with Crippen LogP contribution >= 0.6 is 0 Å². The zero-order valence-corrected chi connectivity index (χ0v) is 18.5. The summed E-state index contributed by atoms with van der Waals surface area (Å²) in [6.07, 6.45) is 0.814. The van der Waals surface area contributed by atoms with E-state index in [1.165, 1.54) is 0 Å². The van der Waals surface area contributed by atoms with Gasteiger partial charge in [-0.05, 0) is 68.1 Å². The van der Waals surface area contributed by atoms with Gasteiger partial charge in [0.1, 0.15) is 5.75 Å². The van der Waals surface area contributed by atoms with Crippen LogP contribution in [0.2, 0.25) is 0 Å². The monoisotopic (exact) mass is 421 g/mol. The van der Waals surface area contributed by atoms with Gasteiger partial charge < -0.3 is 23.9 Å². The molecule has 6 nitrogen and oxygen atoms in total. The second-order valence-electron chi connectivity index (χ2n) is 7.67. The fourth-order valence-electron chi connectivity index (χ4n) is 4.44. The summed E-state index contributed by atoms with van der Waals surface area (Å²) in [6.45, 7) is 6.71. The predicted molar refractivity (Wildman–Crippen MR) is 119 cm³/mol. The van der Waals surface area contributed by atoms with Crippen molar-refractivity contribution in [3.8, 4) is 39.6 Å². The maximum atomic E-state index is 13.2. The fraction of sp³-hybridized carbons (Fsp3) is 0.320. The maximum Gasteiger partial charge on any atom is 0.340 e. The molecular formula is C25H27NO5. The first kappa shape index (κ1) is 20.8. The van der Waals surface area contributed by atoms with Gasteiger partial charge in [-0.2, -0.15) is 0 Å². The third-order valence-electron chi connectivity index (χ3n) is 5.96. The quantitative estimate of drug-likeness (QED) is 0.594. The van der Waals surface area contributed by atoms with Crippen molar-refractivity contribution in [3.05, 3.63) is 52.7 Å². The molecule has 0 bridgehead atoms. The topological polar surface area (TPSA) is 69.9 Å². The Bertz CT molecular complexity index is 1180. The molecule has 0 radical (unpaired) electrons. The second kappa shape index (κ2) is 8.02. The van der Waals surface area contributed by atoms with Gasteiger partial charge in [0.15, 0.2) is 11.5 Å². The van der Waals surface area contributed by atoms with E-state index in [2.05, 4.69) is 4.57 Å². The zero-order chi connectivity index (χ0) is 22.3. The van der Waals surface area contributed by atoms with Crippen molar-refractivity contribution in [2.45, 2.75) is 33.7 Å². The maximum absolute atomic E-state index is 13.2. The van der Waals surface area contributed by atoms with E-state index in [0.29, 0.717) is 17.1 Å². The zero-order valence-electron chi connectivity index (χ0n) is 18.5. The normalized spacial score (nSPS) is 12.2. The molecule has 0 saturated heterocycles. The highest BCUT2D eigenvalue weighted by atomic mass is 16.5. The van der Waals surface area contributed by atoms with Crippen LogP contribution in [0.25, 0.3) is 22.4 Å². The Morgan fingerprint density at radius 1 is 1.10 bits per heavy atom. The van der Waals surface area contributed by atoms with Crippen LogP contribution in [0.5, 0.6) is 17.2 Å². The molecule has 0 saturated carbocycles. The number of ether oxygens (including phenoxy) is 3. The van der Waals surface area contributed by atoms with Crippen LogP contribution in [0.15, 0.2) is 30.3 Å². The third-order valence-corrected chi connectivity index (χ3v) is 5.96. The number of esters is 1. The molecule has 162 valence electrons. The van der Waals surface area contributed by atoms with Crippen molar-refractivity contribution in [1.82, 2.24) is 4.57 Å². The fourth-order valence-corrected chi connectivity index (χ4v) is 4.44. The van der Waals surface area contributed by atoms with Crippen LogP contribution in [0.1, 0.15) is 34.1 Å². The van der Waals surface area contributed by atoms with Crippen molar-refractivity contribution >= 4 is 5.97 Å². The van der Waals surface area contributed by atoms with Crippen molar-refractivity contribution in [1.29, 1.82) is 0 Å². The molecule has 4 rings (SSSR count). The molecule has 0 spiro atoms. The van der Waals surface area contributed by atoms with Crippen LogP contribution in [0.4, 0.5) is 0 Å². The summed E-state index contributed by atoms with van der Waals surface area (Å²) < 4.78 is 18.7. The van der Waals surface area contributed by atoms with E-state index in [0.717, 1.165) is 52.2 Å². The van der Waals surface area contributed by atoms with Gasteiger partial charge in [-0.3, -0.25) is 0 Å². The number of aromatic nitrogens is 1. The molecule has 1 N–H and O–H groups in total. The summed E-state index contributed by atoms with van der Waals surface area (Å²) in [5, 5.41) is 10.00. The summed E-state index contributed by atoms with van der Waals surface area (Å²) in [7, 11) is 3.23. The van der Waals surface area contributed by atoms with E-state index >= 15 is 0 Å². The summed E-state index contributed by atoms with van der Waals surface area (Å²) in [5.74, 6) is 1.16. The van der Waals surface area contributed by atoms with Crippen molar-refractivity contribution < 1.29 is 24.1 Å². The molecule has 0 atom stereocenters. The minimum Gasteiger partial charge on any atom is -0.508 e. The van der Waals surface area contributed by atoms with Crippen molar-refractivity contribution in [2.75, 3.05) is 20.8 Å². The van der Waals surface area contributed by atoms with Gasteiger partial charge >= 0.3 is 5.97 Å². The molecule has 0 aliphatic carbocycles. The third kappa shape index (κ3) is 3.32. The standard InChI is InChI=1S/C25H27NO5/c1-6-31-25(28)23-22(17-7-8-19(27)14(2)11-17)15(3)26-10-9-16-12-20(29-4)21(30-5)13-18(16)24(23)26/h7-8,11-13,27H,6,9-10H2,1-5H3. The number of phenols is 1. The molecule has 2 heterocycles. The minimum atomic E-state index is -0.359. The van der Waals surface area contributed by atoms with Crippen LogP contribution in [-0.4, -0.2) is 36.5 Å². The van der Waals surface area contributed by atoms with E-state index in [1.54, 1.807) is 27.2 Å². The van der Waals surface area contributed by atoms with Gasteiger partial charge in [0.05, 0.1) is 32.1 Å². The number of carbonyl (C=O) groups is 1. The number of carbonyl (C=O) groups excluding carboxylic acids is 1. The van der Waals surface area contributed by atoms with E-state index in [9.17, 15) is 9.90 Å². The second-order valence-corrected chi connectivity index (χ2v) is 7.67. The lowest BCUT2D eigenvalue weighted by Gasteiger charge is -2.23. The lowest BCUT2D eigenvalue weighted by molar-refractivity contribution is 0.0528. The van der Waals surface area contributed by atoms with E-state index in [-0.39, 0.29) is 18.3 Å². The number of benzene rings is 2. The van der Waals surface area contributed by atoms with E-state index in [1.807, 2.05) is 38.1 Å². The Balaban J connectivity index is 2.04. The van der Waals surface area contributed by atoms with Gasteiger partial charge in [0, 0.05) is 23.4 Å². The number of hydrogen-bond acceptors (Lipinski definition) is 5. The van der Waals surface area contributed by atoms with Gasteiger partial charge in [-0.15, -0.1) is 0 Å². The van der Waals surface area contributed by atoms with Crippen LogP contribution in [-0.2, 0) is 17.7 Å². The summed E-state index contributed by atoms with van der Waals surface area (Å²) >= 11 is 0. The molecule has 6 heteroatoms. The number of methoxy groups -OCH3 is 2. The summed E-state index contributed by atoms with van der Waals surface area (Å²) in [5.41, 5.74) is 6.86. The Morgan fingerprint density at radius 2 is 1.81 bits per heavy atom. The number of fused-ring (bicyclic) bond motifs is 3. The highest BCUT2D eigenvalue weighted by Gasteiger charge is 2.32. The van der Waals surface area contributed by atoms with E-state index in [4.69, 9.17) is 14.2 Å². The first-order chi connectivity index (χ1) is 14.9. The minimum absolute atomic E-state index is 0.227. The van der Waals surface area contributed by atoms with Crippen molar-refractivity contribution in [2.24, 2.45) is 0 Å². The molecule has 0 amide bonds. The average molecular weight is 421 g/mol. The molecule has 1 aromatic heterocycles. The van der Waals surface area contributed by atoms with Gasteiger partial charge in [0.25, 0.3) is 0 Å². The van der Waals surface area contributed by atoms with Gasteiger partial charge in [-0.1, -0.05) is 6.07 Å². The SMILES string of the molecule is CCOC(=O)c1c(-c2ccc(O)c(C)c2)c(C)n2c1-c1cc(OC)c(OC)cc1CC2. The molecule has 31 heavy (non-hydrogen) atoms. The van der Waals surface area contributed by atoms with Gasteiger partial charge in [-0.25, -0.2) is 4.79 Å². The summed E-state index contributed by atoms with van der Waals surface area (Å²) in [6, 6.07) is 9.33. The largest absolute Gasteiger partial charge is 0.508 e. The smallest absolute Gasteiger partial charge is 0.340 e. The number of nitrogens with zero attached hydrogens (tertiary/aromatic N) is 1. The molecule has 1 aliphatic heterocycles. The van der Waals surface area contributed by atoms with Gasteiger partial charge in [0.2, 0.25) is 0 Å². The highest BCUT2D eigenvalue weighted by molar-refractivity contribution is 6.05. The molecule has 2 aromatic carbocycles. The molecular weight excluding hydrogens is 394 g/mol. The first-order valence-electron chi connectivity index (χ1n) is 10.4. The van der Waals surface area contributed by atoms with Crippen LogP contribution in [0.3, 0.4) is 0 Å². The number of aryl methyl sites for hydroxylation is 2. The number of aromatic hydroxyl groups is 1. The Morgan fingerprint density at radius 3 is 2.45 bits per heavy atom. The molecule has 1 aliphatic rings.